The molecule has 12 heteroatoms. The van der Waals surface area contributed by atoms with Gasteiger partial charge in [0.1, 0.15) is 0 Å². The molecule has 2 aromatic carbocycles. The van der Waals surface area contributed by atoms with Crippen molar-refractivity contribution in [2.45, 2.75) is 0 Å². The number of aromatic carboxylic acids is 4. The second-order valence-electron chi connectivity index (χ2n) is 4.75. The topological polar surface area (TPSA) is 185 Å². The summed E-state index contributed by atoms with van der Waals surface area (Å²) in [5.74, 6) is -7.34. The molecule has 0 bridgehead atoms. The zero-order valence-corrected chi connectivity index (χ0v) is 15.5. The van der Waals surface area contributed by atoms with Crippen molar-refractivity contribution >= 4 is 35.3 Å². The molecule has 0 N–H and O–H groups in total. The van der Waals surface area contributed by atoms with Crippen LogP contribution in [0.2, 0.25) is 0 Å². The second kappa shape index (κ2) is 10.3. The monoisotopic (exact) mass is 466 g/mol. The van der Waals surface area contributed by atoms with E-state index in [9.17, 15) is 39.6 Å². The van der Waals surface area contributed by atoms with Crippen LogP contribution in [0.25, 0.3) is 0 Å². The van der Waals surface area contributed by atoms with Crippen molar-refractivity contribution in [3.63, 3.8) is 0 Å². The van der Waals surface area contributed by atoms with Crippen LogP contribution in [0.3, 0.4) is 0 Å². The first-order valence-electron chi connectivity index (χ1n) is 6.77. The molecule has 0 saturated carbocycles. The summed E-state index contributed by atoms with van der Waals surface area (Å²) in [6.07, 6.45) is 0. The normalized spacial score (nSPS) is 9.86. The molecule has 0 aliphatic carbocycles. The zero-order valence-electron chi connectivity index (χ0n) is 13.3. The van der Waals surface area contributed by atoms with Gasteiger partial charge in [0.15, 0.2) is 0 Å². The largest absolute Gasteiger partial charge is 2.00 e. The number of benzene rings is 2. The minimum atomic E-state index is -1.87. The number of carbonyl (C=O) groups excluding carboxylic acids is 4. The first kappa shape index (κ1) is 25.0. The van der Waals surface area contributed by atoms with Crippen LogP contribution in [0.5, 0.6) is 0 Å². The average Bonchev–Trinajstić information content (AvgIpc) is 2.58. The third kappa shape index (κ3) is 5.24. The summed E-state index contributed by atoms with van der Waals surface area (Å²) in [7, 11) is 0. The maximum absolute atomic E-state index is 11.2. The Kier molecular flexibility index (Phi) is 9.21. The van der Waals surface area contributed by atoms with Gasteiger partial charge in [-0.15, -0.1) is 10.2 Å². The Morgan fingerprint density at radius 1 is 0.571 bits per heavy atom. The van der Waals surface area contributed by atoms with Gasteiger partial charge in [0, 0.05) is 22.3 Å². The van der Waals surface area contributed by atoms with Crippen LogP contribution in [-0.2, 0) is 34.1 Å². The number of hydrogen-bond acceptors (Lipinski definition) is 10. The molecular weight excluding hydrogens is 460 g/mol. The van der Waals surface area contributed by atoms with E-state index in [1.807, 2.05) is 0 Å². The van der Waals surface area contributed by atoms with Gasteiger partial charge in [0.25, 0.3) is 0 Å². The molecule has 10 nitrogen and oxygen atoms in total. The Morgan fingerprint density at radius 2 is 0.893 bits per heavy atom. The third-order valence-electron chi connectivity index (χ3n) is 3.20. The Morgan fingerprint density at radius 3 is 1.14 bits per heavy atom. The van der Waals surface area contributed by atoms with E-state index in [0.29, 0.717) is 0 Å². The summed E-state index contributed by atoms with van der Waals surface area (Å²) in [6, 6.07) is 6.38. The molecule has 0 heterocycles. The molecule has 0 radical (unpaired) electrons. The van der Waals surface area contributed by atoms with Gasteiger partial charge in [-0.2, -0.15) is 0 Å². The first-order chi connectivity index (χ1) is 12.2. The smallest absolute Gasteiger partial charge is 0.545 e. The van der Waals surface area contributed by atoms with Crippen LogP contribution in [-0.4, -0.2) is 23.9 Å². The molecule has 28 heavy (non-hydrogen) atoms. The van der Waals surface area contributed by atoms with Gasteiger partial charge in [-0.05, 0) is 12.1 Å². The first-order valence-corrected chi connectivity index (χ1v) is 6.77. The van der Waals surface area contributed by atoms with Crippen LogP contribution in [0.1, 0.15) is 41.4 Å². The fraction of sp³-hybridized carbons (Fsp3) is 0. The maximum Gasteiger partial charge on any atom is 2.00 e. The Labute approximate surface area is 177 Å². The fourth-order valence-electron chi connectivity index (χ4n) is 2.12. The van der Waals surface area contributed by atoms with E-state index in [1.165, 1.54) is 0 Å². The molecule has 2 aromatic rings. The van der Waals surface area contributed by atoms with Crippen LogP contribution in [0, 0.1) is 0 Å². The molecule has 0 aromatic heterocycles. The van der Waals surface area contributed by atoms with Crippen molar-refractivity contribution in [3.8, 4) is 0 Å². The summed E-state index contributed by atoms with van der Waals surface area (Å²) in [5.41, 5.74) is -4.02. The molecular formula is C16H6Fe2N2O8. The molecule has 0 fully saturated rings. The maximum atomic E-state index is 11.2. The predicted molar refractivity (Wildman–Crippen MR) is 74.4 cm³/mol. The standard InChI is InChI=1S/C16H10N2O8.2Fe/c19-13(20)7-3-1-5-9(11(7)15(23)24)17-18-10-6-2-4-8(14(21)22)12(10)16(25)26;;/h1-6H,(H,19,20)(H,21,22)(H,23,24)(H,25,26);;/q;2*+2/p-4/b18-17+;;. The summed E-state index contributed by atoms with van der Waals surface area (Å²) in [5, 5.41) is 51.3. The summed E-state index contributed by atoms with van der Waals surface area (Å²) < 4.78 is 0. The molecule has 2 rings (SSSR count). The summed E-state index contributed by atoms with van der Waals surface area (Å²) in [6.45, 7) is 0. The van der Waals surface area contributed by atoms with Crippen molar-refractivity contribution in [3.05, 3.63) is 58.7 Å². The van der Waals surface area contributed by atoms with Crippen LogP contribution >= 0.6 is 0 Å². The van der Waals surface area contributed by atoms with Crippen LogP contribution in [0.15, 0.2) is 46.6 Å². The van der Waals surface area contributed by atoms with Crippen molar-refractivity contribution < 1.29 is 73.7 Å². The quantitative estimate of drug-likeness (QED) is 0.332. The van der Waals surface area contributed by atoms with E-state index in [2.05, 4.69) is 10.2 Å². The minimum absolute atomic E-state index is 0. The van der Waals surface area contributed by atoms with E-state index < -0.39 is 57.5 Å². The Bertz CT molecular complexity index is 898. The van der Waals surface area contributed by atoms with E-state index in [4.69, 9.17) is 0 Å². The van der Waals surface area contributed by atoms with Crippen LogP contribution in [0.4, 0.5) is 11.4 Å². The van der Waals surface area contributed by atoms with Crippen molar-refractivity contribution in [2.24, 2.45) is 10.2 Å². The summed E-state index contributed by atoms with van der Waals surface area (Å²) in [4.78, 5) is 44.3. The van der Waals surface area contributed by atoms with Crippen molar-refractivity contribution in [1.82, 2.24) is 0 Å². The van der Waals surface area contributed by atoms with Gasteiger partial charge in [-0.1, -0.05) is 24.3 Å². The molecule has 0 unspecified atom stereocenters. The number of carboxylic acids is 4. The van der Waals surface area contributed by atoms with E-state index in [-0.39, 0.29) is 34.1 Å². The number of hydrogen-bond donors (Lipinski definition) is 0. The third-order valence-corrected chi connectivity index (χ3v) is 3.20. The van der Waals surface area contributed by atoms with Gasteiger partial charge >= 0.3 is 34.1 Å². The molecule has 0 saturated heterocycles. The average molecular weight is 466 g/mol. The number of rotatable bonds is 6. The van der Waals surface area contributed by atoms with Crippen LogP contribution < -0.4 is 20.4 Å². The minimum Gasteiger partial charge on any atom is -0.545 e. The molecule has 144 valence electrons. The summed E-state index contributed by atoms with van der Waals surface area (Å²) >= 11 is 0. The van der Waals surface area contributed by atoms with Crippen molar-refractivity contribution in [2.75, 3.05) is 0 Å². The second-order valence-corrected chi connectivity index (χ2v) is 4.75. The van der Waals surface area contributed by atoms with E-state index in [1.54, 1.807) is 0 Å². The van der Waals surface area contributed by atoms with Gasteiger partial charge in [0.2, 0.25) is 0 Å². The number of nitrogens with zero attached hydrogens (tertiary/aromatic N) is 2. The van der Waals surface area contributed by atoms with E-state index >= 15 is 0 Å². The molecule has 0 amide bonds. The number of carboxylic acid groups (broad SMARTS) is 4. The Balaban J connectivity index is 0.00000364. The fourth-order valence-corrected chi connectivity index (χ4v) is 2.12. The number of carbonyl (C=O) groups is 4. The number of azo groups is 1. The molecule has 0 spiro atoms. The van der Waals surface area contributed by atoms with Gasteiger partial charge in [0.05, 0.1) is 35.3 Å². The van der Waals surface area contributed by atoms with E-state index in [0.717, 1.165) is 36.4 Å². The predicted octanol–water partition coefficient (Wildman–Crippen LogP) is -2.45. The molecule has 0 atom stereocenters. The van der Waals surface area contributed by atoms with Crippen molar-refractivity contribution in [1.29, 1.82) is 0 Å². The Hall–Kier alpha value is -3.04. The van der Waals surface area contributed by atoms with Gasteiger partial charge in [-0.25, -0.2) is 0 Å². The zero-order chi connectivity index (χ0) is 19.4. The van der Waals surface area contributed by atoms with Gasteiger partial charge in [-0.3, -0.25) is 0 Å². The molecule has 0 aliphatic rings. The molecule has 0 aliphatic heterocycles. The SMILES string of the molecule is O=C([O-])c1cccc(/N=N/c2cccc(C(=O)[O-])c2C(=O)[O-])c1C(=O)[O-].[Fe+2].[Fe+2]. The van der Waals surface area contributed by atoms with Gasteiger partial charge < -0.3 is 39.6 Å².